The van der Waals surface area contributed by atoms with Crippen LogP contribution >= 0.6 is 22.7 Å². The average molecular weight is 508 g/mol. The molecule has 0 saturated heterocycles. The predicted molar refractivity (Wildman–Crippen MR) is 164 cm³/mol. The molecule has 2 heterocycles. The van der Waals surface area contributed by atoms with Gasteiger partial charge in [-0.15, -0.1) is 22.7 Å². The zero-order chi connectivity index (χ0) is 24.3. The van der Waals surface area contributed by atoms with Gasteiger partial charge in [-0.05, 0) is 65.4 Å². The first-order chi connectivity index (χ1) is 18.3. The molecule has 0 radical (unpaired) electrons. The van der Waals surface area contributed by atoms with Gasteiger partial charge >= 0.3 is 0 Å². The van der Waals surface area contributed by atoms with Crippen LogP contribution in [0, 0.1) is 0 Å². The summed E-state index contributed by atoms with van der Waals surface area (Å²) in [7, 11) is 0. The summed E-state index contributed by atoms with van der Waals surface area (Å²) in [6.45, 7) is 0. The highest BCUT2D eigenvalue weighted by atomic mass is 32.1. The van der Waals surface area contributed by atoms with Gasteiger partial charge in [-0.1, -0.05) is 72.8 Å². The second kappa shape index (κ2) is 8.17. The van der Waals surface area contributed by atoms with Gasteiger partial charge in [-0.2, -0.15) is 0 Å². The molecule has 2 aromatic heterocycles. The molecule has 3 heteroatoms. The van der Waals surface area contributed by atoms with Crippen LogP contribution in [0.25, 0.3) is 51.1 Å². The number of fused-ring (bicyclic) bond motifs is 8. The first kappa shape index (κ1) is 21.0. The Balaban J connectivity index is 1.36. The third-order valence-corrected chi connectivity index (χ3v) is 9.51. The molecule has 37 heavy (non-hydrogen) atoms. The zero-order valence-electron chi connectivity index (χ0n) is 19.9. The van der Waals surface area contributed by atoms with Gasteiger partial charge in [-0.25, -0.2) is 0 Å². The monoisotopic (exact) mass is 507 g/mol. The van der Waals surface area contributed by atoms with Crippen LogP contribution in [0.3, 0.4) is 0 Å². The van der Waals surface area contributed by atoms with Crippen molar-refractivity contribution in [1.29, 1.82) is 0 Å². The maximum atomic E-state index is 2.38. The second-order valence-corrected chi connectivity index (χ2v) is 11.6. The lowest BCUT2D eigenvalue weighted by Gasteiger charge is -2.25. The highest BCUT2D eigenvalue weighted by Crippen LogP contribution is 2.44. The van der Waals surface area contributed by atoms with E-state index in [2.05, 4.69) is 132 Å². The van der Waals surface area contributed by atoms with Crippen molar-refractivity contribution in [3.05, 3.63) is 127 Å². The summed E-state index contributed by atoms with van der Waals surface area (Å²) < 4.78 is 5.31. The maximum absolute atomic E-state index is 2.38. The number of benzene rings is 6. The van der Waals surface area contributed by atoms with E-state index in [0.29, 0.717) is 0 Å². The van der Waals surface area contributed by atoms with Crippen molar-refractivity contribution >= 4 is 90.9 Å². The van der Waals surface area contributed by atoms with Crippen molar-refractivity contribution < 1.29 is 0 Å². The third kappa shape index (κ3) is 3.28. The van der Waals surface area contributed by atoms with E-state index in [-0.39, 0.29) is 0 Å². The van der Waals surface area contributed by atoms with E-state index in [1.165, 1.54) is 62.5 Å². The van der Waals surface area contributed by atoms with Crippen LogP contribution in [0.1, 0.15) is 0 Å². The van der Waals surface area contributed by atoms with Gasteiger partial charge in [0.25, 0.3) is 0 Å². The summed E-state index contributed by atoms with van der Waals surface area (Å²) in [6, 6.07) is 46.4. The number of nitrogens with zero attached hydrogens (tertiary/aromatic N) is 1. The minimum absolute atomic E-state index is 1.16. The molecule has 0 aliphatic rings. The maximum Gasteiger partial charge on any atom is 0.0476 e. The van der Waals surface area contributed by atoms with Crippen LogP contribution in [0.2, 0.25) is 0 Å². The minimum atomic E-state index is 1.16. The molecule has 174 valence electrons. The second-order valence-electron chi connectivity index (χ2n) is 9.39. The van der Waals surface area contributed by atoms with Gasteiger partial charge in [0, 0.05) is 57.4 Å². The van der Waals surface area contributed by atoms with Crippen molar-refractivity contribution in [3.63, 3.8) is 0 Å². The first-order valence-corrected chi connectivity index (χ1v) is 14.1. The van der Waals surface area contributed by atoms with E-state index in [1.54, 1.807) is 0 Å². The molecular weight excluding hydrogens is 487 g/mol. The molecular formula is C34H21NS2. The number of hydrogen-bond acceptors (Lipinski definition) is 3. The SMILES string of the molecule is c1ccc(N(c2ccc3c(c2)sc2ccc4ccccc4c23)c2ccc3sc4ccccc4c3c2)cc1. The Morgan fingerprint density at radius 1 is 0.378 bits per heavy atom. The van der Waals surface area contributed by atoms with E-state index >= 15 is 0 Å². The summed E-state index contributed by atoms with van der Waals surface area (Å²) in [6.07, 6.45) is 0. The van der Waals surface area contributed by atoms with Gasteiger partial charge < -0.3 is 4.90 Å². The van der Waals surface area contributed by atoms with Gasteiger partial charge in [0.2, 0.25) is 0 Å². The average Bonchev–Trinajstić information content (AvgIpc) is 3.52. The fourth-order valence-corrected chi connectivity index (χ4v) is 7.79. The highest BCUT2D eigenvalue weighted by molar-refractivity contribution is 7.26. The molecule has 0 atom stereocenters. The summed E-state index contributed by atoms with van der Waals surface area (Å²) in [4.78, 5) is 2.38. The summed E-state index contributed by atoms with van der Waals surface area (Å²) in [5, 5.41) is 7.95. The lowest BCUT2D eigenvalue weighted by Crippen LogP contribution is -2.09. The Hall–Kier alpha value is -4.18. The van der Waals surface area contributed by atoms with Crippen LogP contribution in [-0.2, 0) is 0 Å². The fourth-order valence-electron chi connectivity index (χ4n) is 5.55. The first-order valence-electron chi connectivity index (χ1n) is 12.4. The molecule has 8 rings (SSSR count). The van der Waals surface area contributed by atoms with Crippen LogP contribution in [0.4, 0.5) is 17.1 Å². The van der Waals surface area contributed by atoms with Crippen LogP contribution in [-0.4, -0.2) is 0 Å². The summed E-state index contributed by atoms with van der Waals surface area (Å²) >= 11 is 3.74. The molecule has 0 spiro atoms. The Labute approximate surface area is 222 Å². The zero-order valence-corrected chi connectivity index (χ0v) is 21.5. The fraction of sp³-hybridized carbons (Fsp3) is 0. The van der Waals surface area contributed by atoms with Crippen LogP contribution in [0.15, 0.2) is 127 Å². The van der Waals surface area contributed by atoms with Crippen LogP contribution in [0.5, 0.6) is 0 Å². The summed E-state index contributed by atoms with van der Waals surface area (Å²) in [5.74, 6) is 0. The minimum Gasteiger partial charge on any atom is -0.310 e. The molecule has 6 aromatic carbocycles. The van der Waals surface area contributed by atoms with E-state index < -0.39 is 0 Å². The normalized spacial score (nSPS) is 11.8. The van der Waals surface area contributed by atoms with E-state index in [9.17, 15) is 0 Å². The molecule has 0 amide bonds. The molecule has 0 aliphatic heterocycles. The molecule has 0 N–H and O–H groups in total. The number of thiophene rings is 2. The molecule has 0 bridgehead atoms. The molecule has 8 aromatic rings. The van der Waals surface area contributed by atoms with Crippen molar-refractivity contribution in [1.82, 2.24) is 0 Å². The quantitative estimate of drug-likeness (QED) is 0.230. The Morgan fingerprint density at radius 3 is 1.97 bits per heavy atom. The van der Waals surface area contributed by atoms with Crippen molar-refractivity contribution in [2.45, 2.75) is 0 Å². The number of para-hydroxylation sites is 1. The van der Waals surface area contributed by atoms with Gasteiger partial charge in [0.1, 0.15) is 0 Å². The topological polar surface area (TPSA) is 3.24 Å². The number of rotatable bonds is 3. The van der Waals surface area contributed by atoms with Crippen LogP contribution < -0.4 is 4.90 Å². The number of anilines is 3. The number of hydrogen-bond donors (Lipinski definition) is 0. The molecule has 1 nitrogen and oxygen atoms in total. The van der Waals surface area contributed by atoms with Gasteiger partial charge in [0.15, 0.2) is 0 Å². The van der Waals surface area contributed by atoms with Gasteiger partial charge in [-0.3, -0.25) is 0 Å². The van der Waals surface area contributed by atoms with E-state index in [4.69, 9.17) is 0 Å². The molecule has 0 aliphatic carbocycles. The lowest BCUT2D eigenvalue weighted by atomic mass is 10.0. The lowest BCUT2D eigenvalue weighted by molar-refractivity contribution is 1.30. The third-order valence-electron chi connectivity index (χ3n) is 7.24. The van der Waals surface area contributed by atoms with E-state index in [0.717, 1.165) is 5.69 Å². The standard InChI is InChI=1S/C34H21NS2/c1-2-9-23(10-3-1)35(24-16-19-31-29(20-24)27-12-6-7-13-30(27)36-31)25-15-17-28-33(21-25)37-32-18-14-22-8-4-5-11-26(22)34(28)32/h1-21H. The Kier molecular flexibility index (Phi) is 4.63. The van der Waals surface area contributed by atoms with Gasteiger partial charge in [0.05, 0.1) is 0 Å². The van der Waals surface area contributed by atoms with Crippen molar-refractivity contribution in [2.24, 2.45) is 0 Å². The predicted octanol–water partition coefficient (Wildman–Crippen LogP) is 11.0. The summed E-state index contributed by atoms with van der Waals surface area (Å²) in [5.41, 5.74) is 3.51. The Bertz CT molecular complexity index is 2100. The molecule has 0 saturated carbocycles. The molecule has 0 unspecified atom stereocenters. The van der Waals surface area contributed by atoms with Crippen molar-refractivity contribution in [2.75, 3.05) is 4.90 Å². The molecule has 0 fully saturated rings. The Morgan fingerprint density at radius 2 is 1.05 bits per heavy atom. The largest absolute Gasteiger partial charge is 0.310 e. The smallest absolute Gasteiger partial charge is 0.0476 e. The highest BCUT2D eigenvalue weighted by Gasteiger charge is 2.17. The van der Waals surface area contributed by atoms with E-state index in [1.807, 2.05) is 22.7 Å². The van der Waals surface area contributed by atoms with Crippen molar-refractivity contribution in [3.8, 4) is 0 Å².